The summed E-state index contributed by atoms with van der Waals surface area (Å²) in [4.78, 5) is 5.96. The average molecular weight is 293 g/mol. The van der Waals surface area contributed by atoms with E-state index in [1.807, 2.05) is 15.7 Å². The van der Waals surface area contributed by atoms with Crippen LogP contribution in [0.3, 0.4) is 0 Å². The lowest BCUT2D eigenvalue weighted by molar-refractivity contribution is 0.173. The van der Waals surface area contributed by atoms with Crippen LogP contribution in [0.15, 0.2) is 36.9 Å². The van der Waals surface area contributed by atoms with Crippen LogP contribution in [-0.4, -0.2) is 38.8 Å². The third-order valence-corrected chi connectivity index (χ3v) is 3.90. The number of halogens is 2. The molecule has 2 heterocycles. The fourth-order valence-electron chi connectivity index (χ4n) is 2.88. The molecule has 1 aromatic carbocycles. The Bertz CT molecular complexity index is 603. The van der Waals surface area contributed by atoms with Gasteiger partial charge >= 0.3 is 0 Å². The molecule has 1 aromatic heterocycles. The molecule has 2 atom stereocenters. The van der Waals surface area contributed by atoms with E-state index in [0.29, 0.717) is 31.6 Å². The molecule has 1 N–H and O–H groups in total. The van der Waals surface area contributed by atoms with Crippen molar-refractivity contribution in [1.82, 2.24) is 14.5 Å². The van der Waals surface area contributed by atoms with Gasteiger partial charge in [-0.2, -0.15) is 0 Å². The van der Waals surface area contributed by atoms with Gasteiger partial charge in [-0.15, -0.1) is 0 Å². The highest BCUT2D eigenvalue weighted by Crippen LogP contribution is 2.33. The van der Waals surface area contributed by atoms with Crippen LogP contribution in [0.25, 0.3) is 0 Å². The highest BCUT2D eigenvalue weighted by Gasteiger charge is 2.33. The molecular weight excluding hydrogens is 276 g/mol. The molecule has 1 fully saturated rings. The van der Waals surface area contributed by atoms with E-state index in [1.54, 1.807) is 12.5 Å². The Hall–Kier alpha value is -1.79. The Kier molecular flexibility index (Phi) is 3.98. The molecule has 0 spiro atoms. The molecule has 21 heavy (non-hydrogen) atoms. The van der Waals surface area contributed by atoms with Crippen molar-refractivity contribution in [2.45, 2.75) is 25.1 Å². The monoisotopic (exact) mass is 293 g/mol. The van der Waals surface area contributed by atoms with Crippen LogP contribution in [0, 0.1) is 11.6 Å². The minimum atomic E-state index is -0.513. The highest BCUT2D eigenvalue weighted by molar-refractivity contribution is 5.23. The number of aliphatic hydroxyl groups excluding tert-OH is 1. The van der Waals surface area contributed by atoms with Crippen molar-refractivity contribution in [2.24, 2.45) is 0 Å². The second kappa shape index (κ2) is 5.91. The summed E-state index contributed by atoms with van der Waals surface area (Å²) in [5, 5.41) is 9.87. The van der Waals surface area contributed by atoms with Crippen molar-refractivity contribution in [3.63, 3.8) is 0 Å². The van der Waals surface area contributed by atoms with Gasteiger partial charge in [0.15, 0.2) is 0 Å². The smallest absolute Gasteiger partial charge is 0.128 e. The normalized spacial score (nSPS) is 22.8. The number of likely N-dealkylation sites (tertiary alicyclic amines) is 1. The Balaban J connectivity index is 1.77. The minimum absolute atomic E-state index is 0.292. The third-order valence-electron chi connectivity index (χ3n) is 3.90. The van der Waals surface area contributed by atoms with E-state index in [-0.39, 0.29) is 6.04 Å². The summed E-state index contributed by atoms with van der Waals surface area (Å²) in [6, 6.07) is 3.19. The molecule has 2 aromatic rings. The van der Waals surface area contributed by atoms with Crippen molar-refractivity contribution in [3.05, 3.63) is 54.1 Å². The lowest BCUT2D eigenvalue weighted by atomic mass is 10.0. The van der Waals surface area contributed by atoms with Crippen molar-refractivity contribution in [3.8, 4) is 0 Å². The van der Waals surface area contributed by atoms with E-state index in [0.717, 1.165) is 12.1 Å². The molecule has 0 radical (unpaired) electrons. The molecule has 4 nitrogen and oxygen atoms in total. The zero-order valence-electron chi connectivity index (χ0n) is 11.5. The molecule has 0 saturated carbocycles. The van der Waals surface area contributed by atoms with Gasteiger partial charge in [0.2, 0.25) is 0 Å². The van der Waals surface area contributed by atoms with Gasteiger partial charge < -0.3 is 9.67 Å². The van der Waals surface area contributed by atoms with Crippen LogP contribution < -0.4 is 0 Å². The number of β-amino-alcohol motifs (C(OH)–C–C–N with tert-alkyl or cyclic N) is 1. The number of hydrogen-bond donors (Lipinski definition) is 1. The number of hydrogen-bond acceptors (Lipinski definition) is 3. The summed E-state index contributed by atoms with van der Waals surface area (Å²) in [7, 11) is 0. The van der Waals surface area contributed by atoms with E-state index >= 15 is 0 Å². The van der Waals surface area contributed by atoms with Crippen LogP contribution >= 0.6 is 0 Å². The maximum atomic E-state index is 13.9. The van der Waals surface area contributed by atoms with Crippen LogP contribution in [-0.2, 0) is 6.54 Å². The first kappa shape index (κ1) is 14.2. The van der Waals surface area contributed by atoms with E-state index in [4.69, 9.17) is 0 Å². The lowest BCUT2D eigenvalue weighted by Crippen LogP contribution is -2.28. The van der Waals surface area contributed by atoms with E-state index < -0.39 is 17.7 Å². The quantitative estimate of drug-likeness (QED) is 0.937. The van der Waals surface area contributed by atoms with Gasteiger partial charge in [-0.25, -0.2) is 13.8 Å². The predicted molar refractivity (Wildman–Crippen MR) is 73.5 cm³/mol. The Morgan fingerprint density at radius 2 is 2.14 bits per heavy atom. The van der Waals surface area contributed by atoms with Gasteiger partial charge in [0, 0.05) is 43.6 Å². The summed E-state index contributed by atoms with van der Waals surface area (Å²) in [5.41, 5.74) is 0.317. The van der Waals surface area contributed by atoms with Gasteiger partial charge in [-0.1, -0.05) is 0 Å². The van der Waals surface area contributed by atoms with Gasteiger partial charge in [-0.05, 0) is 24.6 Å². The first-order valence-electron chi connectivity index (χ1n) is 6.96. The Morgan fingerprint density at radius 3 is 2.90 bits per heavy atom. The Labute approximate surface area is 121 Å². The number of aliphatic hydroxyl groups is 1. The second-order valence-electron chi connectivity index (χ2n) is 5.37. The molecular formula is C15H17F2N3O. The average Bonchev–Trinajstić information content (AvgIpc) is 3.08. The molecule has 1 aliphatic heterocycles. The van der Waals surface area contributed by atoms with Gasteiger partial charge in [0.05, 0.1) is 12.4 Å². The van der Waals surface area contributed by atoms with Crippen LogP contribution in [0.5, 0.6) is 0 Å². The fraction of sp³-hybridized carbons (Fsp3) is 0.400. The summed E-state index contributed by atoms with van der Waals surface area (Å²) < 4.78 is 29.2. The van der Waals surface area contributed by atoms with Crippen LogP contribution in [0.2, 0.25) is 0 Å². The molecule has 112 valence electrons. The number of nitrogens with zero attached hydrogens (tertiary/aromatic N) is 3. The maximum absolute atomic E-state index is 13.9. The topological polar surface area (TPSA) is 41.3 Å². The summed E-state index contributed by atoms with van der Waals surface area (Å²) in [5.74, 6) is -0.884. The Morgan fingerprint density at radius 1 is 1.29 bits per heavy atom. The minimum Gasteiger partial charge on any atom is -0.392 e. The number of imidazole rings is 1. The highest BCUT2D eigenvalue weighted by atomic mass is 19.1. The molecule has 3 rings (SSSR count). The second-order valence-corrected chi connectivity index (χ2v) is 5.37. The van der Waals surface area contributed by atoms with Crippen molar-refractivity contribution >= 4 is 0 Å². The van der Waals surface area contributed by atoms with Gasteiger partial charge in [0.25, 0.3) is 0 Å². The molecule has 1 aliphatic rings. The van der Waals surface area contributed by atoms with E-state index in [2.05, 4.69) is 4.98 Å². The summed E-state index contributed by atoms with van der Waals surface area (Å²) in [6.07, 6.45) is 5.17. The molecule has 0 bridgehead atoms. The lowest BCUT2D eigenvalue weighted by Gasteiger charge is -2.24. The SMILES string of the molecule is O[C@@H]1C[C@H](c2cc(F)ccc2F)N(CCn2ccnc2)C1. The first-order valence-corrected chi connectivity index (χ1v) is 6.96. The number of rotatable bonds is 4. The van der Waals surface area contributed by atoms with Crippen molar-refractivity contribution in [2.75, 3.05) is 13.1 Å². The predicted octanol–water partition coefficient (Wildman–Crippen LogP) is 1.97. The van der Waals surface area contributed by atoms with Crippen LogP contribution in [0.4, 0.5) is 8.78 Å². The summed E-state index contributed by atoms with van der Waals surface area (Å²) in [6.45, 7) is 1.81. The third kappa shape index (κ3) is 3.11. The standard InChI is InChI=1S/C15H17F2N3O/c16-11-1-2-14(17)13(7-11)15-8-12(21)9-20(15)6-5-19-4-3-18-10-19/h1-4,7,10,12,15,21H,5-6,8-9H2/t12-,15-/m1/s1. The molecule has 0 amide bonds. The molecule has 6 heteroatoms. The molecule has 1 saturated heterocycles. The van der Waals surface area contributed by atoms with E-state index in [9.17, 15) is 13.9 Å². The summed E-state index contributed by atoms with van der Waals surface area (Å²) >= 11 is 0. The van der Waals surface area contributed by atoms with E-state index in [1.165, 1.54) is 6.07 Å². The van der Waals surface area contributed by atoms with Gasteiger partial charge in [-0.3, -0.25) is 4.90 Å². The zero-order chi connectivity index (χ0) is 14.8. The zero-order valence-corrected chi connectivity index (χ0v) is 11.5. The van der Waals surface area contributed by atoms with Crippen molar-refractivity contribution < 1.29 is 13.9 Å². The number of aromatic nitrogens is 2. The molecule has 0 aliphatic carbocycles. The van der Waals surface area contributed by atoms with Crippen LogP contribution in [0.1, 0.15) is 18.0 Å². The first-order chi connectivity index (χ1) is 10.1. The fourth-order valence-corrected chi connectivity index (χ4v) is 2.88. The molecule has 0 unspecified atom stereocenters. The van der Waals surface area contributed by atoms with Gasteiger partial charge in [0.1, 0.15) is 11.6 Å². The number of benzene rings is 1. The van der Waals surface area contributed by atoms with Crippen molar-refractivity contribution in [1.29, 1.82) is 0 Å². The largest absolute Gasteiger partial charge is 0.392 e. The maximum Gasteiger partial charge on any atom is 0.128 e.